The topological polar surface area (TPSA) is 40.5 Å². The van der Waals surface area contributed by atoms with Gasteiger partial charge >= 0.3 is 0 Å². The number of thiocarbonyl (C=S) groups is 1. The molecule has 0 amide bonds. The van der Waals surface area contributed by atoms with Gasteiger partial charge in [0.05, 0.1) is 11.4 Å². The number of pyridine rings is 1. The first-order valence-corrected chi connectivity index (χ1v) is 8.24. The Hall–Kier alpha value is -1.33. The molecule has 4 nitrogen and oxygen atoms in total. The summed E-state index contributed by atoms with van der Waals surface area (Å²) in [6.45, 7) is 1.95. The Morgan fingerprint density at radius 1 is 1.29 bits per heavy atom. The summed E-state index contributed by atoms with van der Waals surface area (Å²) in [6.07, 6.45) is 10.8. The maximum absolute atomic E-state index is 5.08. The molecule has 0 aromatic carbocycles. The van der Waals surface area contributed by atoms with Gasteiger partial charge in [0.2, 0.25) is 0 Å². The molecule has 1 aliphatic carbocycles. The van der Waals surface area contributed by atoms with Crippen LogP contribution < -0.4 is 5.43 Å². The molecular weight excluding hydrogens is 280 g/mol. The molecule has 21 heavy (non-hydrogen) atoms. The van der Waals surface area contributed by atoms with Crippen LogP contribution in [0.1, 0.15) is 57.6 Å². The van der Waals surface area contributed by atoms with Gasteiger partial charge in [-0.1, -0.05) is 50.4 Å². The van der Waals surface area contributed by atoms with Crippen LogP contribution in [0.3, 0.4) is 0 Å². The smallest absolute Gasteiger partial charge is 0.105 e. The molecule has 2 rings (SSSR count). The summed E-state index contributed by atoms with van der Waals surface area (Å²) in [5.74, 6) is 0. The van der Waals surface area contributed by atoms with Crippen molar-refractivity contribution >= 4 is 23.4 Å². The third kappa shape index (κ3) is 5.52. The van der Waals surface area contributed by atoms with Crippen LogP contribution in [-0.2, 0) is 0 Å². The molecule has 0 radical (unpaired) electrons. The van der Waals surface area contributed by atoms with Gasteiger partial charge in [-0.25, -0.2) is 5.43 Å². The zero-order valence-electron chi connectivity index (χ0n) is 12.7. The highest BCUT2D eigenvalue weighted by Gasteiger charge is 2.13. The van der Waals surface area contributed by atoms with E-state index >= 15 is 0 Å². The zero-order chi connectivity index (χ0) is 14.9. The minimum atomic E-state index is 0.463. The summed E-state index contributed by atoms with van der Waals surface area (Å²) in [6, 6.07) is 6.28. The molecule has 0 unspecified atom stereocenters. The van der Waals surface area contributed by atoms with Crippen molar-refractivity contribution in [2.24, 2.45) is 5.10 Å². The van der Waals surface area contributed by atoms with Gasteiger partial charge in [-0.15, -0.1) is 0 Å². The van der Waals surface area contributed by atoms with Crippen molar-refractivity contribution in [2.45, 2.75) is 57.9 Å². The van der Waals surface area contributed by atoms with E-state index in [9.17, 15) is 0 Å². The van der Waals surface area contributed by atoms with Gasteiger partial charge < -0.3 is 0 Å². The van der Waals surface area contributed by atoms with Crippen molar-refractivity contribution < 1.29 is 0 Å². The molecule has 1 fully saturated rings. The normalized spacial score (nSPS) is 17.9. The van der Waals surface area contributed by atoms with Gasteiger partial charge in [0, 0.05) is 12.2 Å². The lowest BCUT2D eigenvalue weighted by atomic mass is 9.97. The quantitative estimate of drug-likeness (QED) is 0.512. The maximum Gasteiger partial charge on any atom is 0.105 e. The first kappa shape index (κ1) is 16.0. The molecule has 0 bridgehead atoms. The molecule has 1 saturated carbocycles. The van der Waals surface area contributed by atoms with Crippen molar-refractivity contribution in [2.75, 3.05) is 0 Å². The number of nitrogens with zero attached hydrogens (tertiary/aromatic N) is 3. The number of hydrazine groups is 1. The summed E-state index contributed by atoms with van der Waals surface area (Å²) < 4.78 is 0. The summed E-state index contributed by atoms with van der Waals surface area (Å²) >= 11 is 5.08. The average molecular weight is 304 g/mol. The molecule has 1 aromatic rings. The zero-order valence-corrected chi connectivity index (χ0v) is 13.5. The summed E-state index contributed by atoms with van der Waals surface area (Å²) in [5, 5.41) is 6.20. The second-order valence-corrected chi connectivity index (χ2v) is 5.73. The van der Waals surface area contributed by atoms with Crippen molar-refractivity contribution in [1.29, 1.82) is 0 Å². The Balaban J connectivity index is 1.97. The van der Waals surface area contributed by atoms with E-state index in [-0.39, 0.29) is 0 Å². The third-order valence-electron chi connectivity index (χ3n) is 3.81. The highest BCUT2D eigenvalue weighted by atomic mass is 32.1. The molecular formula is C16H24N4S. The van der Waals surface area contributed by atoms with E-state index < -0.39 is 0 Å². The van der Waals surface area contributed by atoms with Crippen LogP contribution in [0.25, 0.3) is 0 Å². The van der Waals surface area contributed by atoms with Gasteiger partial charge in [-0.05, 0) is 31.9 Å². The molecule has 0 spiro atoms. The molecule has 0 atom stereocenters. The Labute approximate surface area is 132 Å². The van der Waals surface area contributed by atoms with Gasteiger partial charge in [0.15, 0.2) is 0 Å². The van der Waals surface area contributed by atoms with Crippen LogP contribution in [0.15, 0.2) is 29.5 Å². The van der Waals surface area contributed by atoms with E-state index in [0.717, 1.165) is 11.4 Å². The fourth-order valence-corrected chi connectivity index (χ4v) is 2.75. The van der Waals surface area contributed by atoms with Crippen molar-refractivity contribution in [1.82, 2.24) is 15.5 Å². The lowest BCUT2D eigenvalue weighted by Crippen LogP contribution is -2.41. The predicted molar refractivity (Wildman–Crippen MR) is 91.2 cm³/mol. The van der Waals surface area contributed by atoms with E-state index in [4.69, 9.17) is 12.2 Å². The highest BCUT2D eigenvalue weighted by Crippen LogP contribution is 2.17. The van der Waals surface area contributed by atoms with E-state index in [1.54, 1.807) is 16.8 Å². The molecule has 5 heteroatoms. The minimum Gasteiger partial charge on any atom is -0.255 e. The highest BCUT2D eigenvalue weighted by molar-refractivity contribution is 7.78. The third-order valence-corrected chi connectivity index (χ3v) is 4.01. The molecule has 114 valence electrons. The van der Waals surface area contributed by atoms with Crippen LogP contribution in [0.5, 0.6) is 0 Å². The van der Waals surface area contributed by atoms with Crippen molar-refractivity contribution in [3.05, 3.63) is 30.1 Å². The first-order chi connectivity index (χ1) is 10.3. The maximum atomic E-state index is 5.08. The molecule has 1 aliphatic rings. The Bertz CT molecular complexity index is 453. The minimum absolute atomic E-state index is 0.463. The number of hydrogen-bond donors (Lipinski definition) is 1. The van der Waals surface area contributed by atoms with Gasteiger partial charge in [0.25, 0.3) is 0 Å². The van der Waals surface area contributed by atoms with Crippen LogP contribution in [0, 0.1) is 0 Å². The SMILES string of the molecule is C/C(=N\N(C=S)NC1CCCCCCC1)c1ccccn1. The standard InChI is InChI=1S/C16H24N4S/c1-14(16-11-7-8-12-17-16)18-20(13-21)19-15-9-5-3-2-4-6-10-15/h7-8,11-13,15,19H,2-6,9-10H2,1H3/b18-14+. The number of hydrazone groups is 1. The largest absolute Gasteiger partial charge is 0.255 e. The van der Waals surface area contributed by atoms with Crippen molar-refractivity contribution in [3.8, 4) is 0 Å². The van der Waals surface area contributed by atoms with Gasteiger partial charge in [-0.3, -0.25) is 4.98 Å². The fourth-order valence-electron chi connectivity index (χ4n) is 2.64. The first-order valence-electron chi connectivity index (χ1n) is 7.77. The van der Waals surface area contributed by atoms with Gasteiger partial charge in [-0.2, -0.15) is 10.2 Å². The molecule has 1 N–H and O–H groups in total. The summed E-state index contributed by atoms with van der Waals surface area (Å²) in [4.78, 5) is 4.31. The summed E-state index contributed by atoms with van der Waals surface area (Å²) in [5.41, 5.74) is 6.72. The molecule has 1 heterocycles. The van der Waals surface area contributed by atoms with Crippen LogP contribution in [-0.4, -0.2) is 27.3 Å². The Kier molecular flexibility index (Phi) is 6.76. The van der Waals surface area contributed by atoms with Crippen molar-refractivity contribution in [3.63, 3.8) is 0 Å². The second-order valence-electron chi connectivity index (χ2n) is 5.52. The van der Waals surface area contributed by atoms with E-state index in [1.165, 1.54) is 44.9 Å². The lowest BCUT2D eigenvalue weighted by molar-refractivity contribution is 0.247. The van der Waals surface area contributed by atoms with Crippen LogP contribution in [0.2, 0.25) is 0 Å². The monoisotopic (exact) mass is 304 g/mol. The number of nitrogens with one attached hydrogen (secondary N) is 1. The van der Waals surface area contributed by atoms with E-state index in [1.807, 2.05) is 25.1 Å². The second kappa shape index (κ2) is 8.85. The fraction of sp³-hybridized carbons (Fsp3) is 0.562. The van der Waals surface area contributed by atoms with Crippen LogP contribution in [0.4, 0.5) is 0 Å². The average Bonchev–Trinajstić information content (AvgIpc) is 2.49. The molecule has 0 aliphatic heterocycles. The molecule has 0 saturated heterocycles. The number of aromatic nitrogens is 1. The number of hydrogen-bond acceptors (Lipinski definition) is 4. The molecule has 1 aromatic heterocycles. The lowest BCUT2D eigenvalue weighted by Gasteiger charge is -2.25. The van der Waals surface area contributed by atoms with Crippen LogP contribution >= 0.6 is 12.2 Å². The van der Waals surface area contributed by atoms with Gasteiger partial charge in [0.1, 0.15) is 5.49 Å². The summed E-state index contributed by atoms with van der Waals surface area (Å²) in [7, 11) is 0. The Morgan fingerprint density at radius 3 is 2.62 bits per heavy atom. The van der Waals surface area contributed by atoms with E-state index in [2.05, 4.69) is 15.5 Å². The number of rotatable bonds is 5. The Morgan fingerprint density at radius 2 is 2.00 bits per heavy atom. The predicted octanol–water partition coefficient (Wildman–Crippen LogP) is 3.68. The van der Waals surface area contributed by atoms with E-state index in [0.29, 0.717) is 6.04 Å².